The first kappa shape index (κ1) is 14.6. The molecule has 22 heavy (non-hydrogen) atoms. The van der Waals surface area contributed by atoms with Crippen LogP contribution in [0.15, 0.2) is 41.7 Å². The van der Waals surface area contributed by atoms with E-state index in [1.165, 1.54) is 17.0 Å². The normalized spacial score (nSPS) is 12.5. The second kappa shape index (κ2) is 5.82. The summed E-state index contributed by atoms with van der Waals surface area (Å²) in [7, 11) is 0. The first-order chi connectivity index (χ1) is 10.6. The van der Waals surface area contributed by atoms with Crippen LogP contribution in [0, 0.1) is 0 Å². The molecular formula is C15H13ClN4O2. The maximum atomic E-state index is 12.5. The van der Waals surface area contributed by atoms with Crippen molar-refractivity contribution in [2.24, 2.45) is 0 Å². The van der Waals surface area contributed by atoms with Crippen LogP contribution < -0.4 is 5.56 Å². The minimum atomic E-state index is -0.646. The van der Waals surface area contributed by atoms with Gasteiger partial charge < -0.3 is 5.11 Å². The van der Waals surface area contributed by atoms with Crippen molar-refractivity contribution in [1.82, 2.24) is 19.5 Å². The fraction of sp³-hybridized carbons (Fsp3) is 0.200. The summed E-state index contributed by atoms with van der Waals surface area (Å²) in [4.78, 5) is 25.1. The Morgan fingerprint density at radius 3 is 2.95 bits per heavy atom. The Kier molecular flexibility index (Phi) is 3.87. The van der Waals surface area contributed by atoms with Gasteiger partial charge in [0.1, 0.15) is 16.4 Å². The van der Waals surface area contributed by atoms with Crippen molar-refractivity contribution < 1.29 is 5.11 Å². The van der Waals surface area contributed by atoms with Crippen LogP contribution in [0.25, 0.3) is 22.2 Å². The highest BCUT2D eigenvalue weighted by molar-refractivity contribution is 6.30. The molecule has 0 saturated carbocycles. The Bertz CT molecular complexity index is 878. The third kappa shape index (κ3) is 2.70. The second-order valence-corrected chi connectivity index (χ2v) is 5.37. The highest BCUT2D eigenvalue weighted by Gasteiger charge is 2.13. The standard InChI is InChI=1S/C15H13ClN4O2/c1-9(21)7-20-8-18-14-11(15(20)22)5-12(16)19-13(14)10-3-2-4-17-6-10/h2-6,8-9,21H,7H2,1H3/t9-/m1/s1. The Labute approximate surface area is 131 Å². The summed E-state index contributed by atoms with van der Waals surface area (Å²) in [6.45, 7) is 1.78. The van der Waals surface area contributed by atoms with Gasteiger partial charge in [-0.15, -0.1) is 0 Å². The quantitative estimate of drug-likeness (QED) is 0.746. The molecule has 112 valence electrons. The van der Waals surface area contributed by atoms with Crippen LogP contribution >= 0.6 is 11.6 Å². The van der Waals surface area contributed by atoms with E-state index in [1.54, 1.807) is 25.4 Å². The van der Waals surface area contributed by atoms with Crippen LogP contribution in [-0.4, -0.2) is 30.7 Å². The van der Waals surface area contributed by atoms with Crippen molar-refractivity contribution in [3.63, 3.8) is 0 Å². The third-order valence-corrected chi connectivity index (χ3v) is 3.37. The van der Waals surface area contributed by atoms with Crippen LogP contribution in [-0.2, 0) is 6.54 Å². The molecule has 0 fully saturated rings. The van der Waals surface area contributed by atoms with Crippen molar-refractivity contribution >= 4 is 22.5 Å². The second-order valence-electron chi connectivity index (χ2n) is 4.98. The third-order valence-electron chi connectivity index (χ3n) is 3.17. The van der Waals surface area contributed by atoms with Gasteiger partial charge in [0.25, 0.3) is 5.56 Å². The van der Waals surface area contributed by atoms with Crippen LogP contribution in [0.2, 0.25) is 5.15 Å². The minimum Gasteiger partial charge on any atom is -0.392 e. The number of aromatic nitrogens is 4. The average molecular weight is 317 g/mol. The molecule has 0 bridgehead atoms. The van der Waals surface area contributed by atoms with E-state index in [0.29, 0.717) is 16.6 Å². The summed E-state index contributed by atoms with van der Waals surface area (Å²) in [5.41, 5.74) is 1.44. The highest BCUT2D eigenvalue weighted by atomic mass is 35.5. The van der Waals surface area contributed by atoms with Crippen molar-refractivity contribution in [3.8, 4) is 11.3 Å². The molecule has 1 N–H and O–H groups in total. The Morgan fingerprint density at radius 1 is 1.45 bits per heavy atom. The molecule has 3 heterocycles. The Hall–Kier alpha value is -2.31. The molecule has 0 aliphatic carbocycles. The van der Waals surface area contributed by atoms with Gasteiger partial charge in [0.2, 0.25) is 0 Å². The summed E-state index contributed by atoms with van der Waals surface area (Å²) in [5.74, 6) is 0. The average Bonchev–Trinajstić information content (AvgIpc) is 2.50. The number of rotatable bonds is 3. The number of aliphatic hydroxyl groups excluding tert-OH is 1. The summed E-state index contributed by atoms with van der Waals surface area (Å²) < 4.78 is 1.36. The number of pyridine rings is 2. The van der Waals surface area contributed by atoms with Gasteiger partial charge >= 0.3 is 0 Å². The zero-order valence-electron chi connectivity index (χ0n) is 11.8. The van der Waals surface area contributed by atoms with Crippen LogP contribution in [0.1, 0.15) is 6.92 Å². The number of hydrogen-bond acceptors (Lipinski definition) is 5. The van der Waals surface area contributed by atoms with Crippen LogP contribution in [0.5, 0.6) is 0 Å². The van der Waals surface area contributed by atoms with E-state index in [4.69, 9.17) is 11.6 Å². The van der Waals surface area contributed by atoms with E-state index >= 15 is 0 Å². The largest absolute Gasteiger partial charge is 0.392 e. The van der Waals surface area contributed by atoms with Crippen molar-refractivity contribution in [3.05, 3.63) is 52.4 Å². The molecule has 3 rings (SSSR count). The topological polar surface area (TPSA) is 80.9 Å². The fourth-order valence-electron chi connectivity index (χ4n) is 2.25. The van der Waals surface area contributed by atoms with Crippen LogP contribution in [0.3, 0.4) is 0 Å². The maximum Gasteiger partial charge on any atom is 0.261 e. The van der Waals surface area contributed by atoms with E-state index in [1.807, 2.05) is 6.07 Å². The lowest BCUT2D eigenvalue weighted by atomic mass is 10.1. The van der Waals surface area contributed by atoms with Crippen molar-refractivity contribution in [2.45, 2.75) is 19.6 Å². The van der Waals surface area contributed by atoms with Crippen molar-refractivity contribution in [1.29, 1.82) is 0 Å². The fourth-order valence-corrected chi connectivity index (χ4v) is 2.45. The van der Waals surface area contributed by atoms with Crippen molar-refractivity contribution in [2.75, 3.05) is 0 Å². The summed E-state index contributed by atoms with van der Waals surface area (Å²) in [6, 6.07) is 5.09. The lowest BCUT2D eigenvalue weighted by Crippen LogP contribution is -2.25. The molecule has 0 saturated heterocycles. The summed E-state index contributed by atoms with van der Waals surface area (Å²) in [6.07, 6.45) is 4.06. The van der Waals surface area contributed by atoms with Gasteiger partial charge in [0.05, 0.1) is 24.4 Å². The molecule has 6 nitrogen and oxygen atoms in total. The lowest BCUT2D eigenvalue weighted by molar-refractivity contribution is 0.172. The van der Waals surface area contributed by atoms with E-state index in [9.17, 15) is 9.90 Å². The highest BCUT2D eigenvalue weighted by Crippen LogP contribution is 2.25. The predicted octanol–water partition coefficient (Wildman–Crippen LogP) is 1.89. The maximum absolute atomic E-state index is 12.5. The predicted molar refractivity (Wildman–Crippen MR) is 83.7 cm³/mol. The molecule has 0 spiro atoms. The molecule has 1 atom stereocenters. The SMILES string of the molecule is C[C@@H](O)Cn1cnc2c(-c3cccnc3)nc(Cl)cc2c1=O. The molecule has 0 aliphatic heterocycles. The molecule has 7 heteroatoms. The van der Waals surface area contributed by atoms with E-state index in [0.717, 1.165) is 5.56 Å². The molecule has 0 radical (unpaired) electrons. The van der Waals surface area contributed by atoms with Gasteiger partial charge in [-0.1, -0.05) is 11.6 Å². The molecular weight excluding hydrogens is 304 g/mol. The molecule has 0 aromatic carbocycles. The lowest BCUT2D eigenvalue weighted by Gasteiger charge is -2.10. The number of aliphatic hydroxyl groups is 1. The molecule has 0 unspecified atom stereocenters. The smallest absolute Gasteiger partial charge is 0.261 e. The van der Waals surface area contributed by atoms with Crippen LogP contribution in [0.4, 0.5) is 0 Å². The minimum absolute atomic E-state index is 0.171. The molecule has 0 aliphatic rings. The number of nitrogens with zero attached hydrogens (tertiary/aromatic N) is 4. The number of halogens is 1. The zero-order chi connectivity index (χ0) is 15.7. The Morgan fingerprint density at radius 2 is 2.27 bits per heavy atom. The Balaban J connectivity index is 2.28. The molecule has 0 amide bonds. The number of hydrogen-bond donors (Lipinski definition) is 1. The molecule has 3 aromatic heterocycles. The van der Waals surface area contributed by atoms with Gasteiger partial charge in [-0.3, -0.25) is 14.3 Å². The van der Waals surface area contributed by atoms with Gasteiger partial charge in [-0.05, 0) is 25.1 Å². The van der Waals surface area contributed by atoms with Gasteiger partial charge in [0.15, 0.2) is 0 Å². The first-order valence-electron chi connectivity index (χ1n) is 6.70. The van der Waals surface area contributed by atoms with E-state index in [-0.39, 0.29) is 17.3 Å². The monoisotopic (exact) mass is 316 g/mol. The van der Waals surface area contributed by atoms with Gasteiger partial charge in [-0.25, -0.2) is 9.97 Å². The number of fused-ring (bicyclic) bond motifs is 1. The summed E-state index contributed by atoms with van der Waals surface area (Å²) in [5, 5.41) is 10.0. The molecule has 3 aromatic rings. The summed E-state index contributed by atoms with van der Waals surface area (Å²) >= 11 is 6.05. The zero-order valence-corrected chi connectivity index (χ0v) is 12.5. The van der Waals surface area contributed by atoms with Gasteiger partial charge in [-0.2, -0.15) is 0 Å². The van der Waals surface area contributed by atoms with E-state index < -0.39 is 6.10 Å². The first-order valence-corrected chi connectivity index (χ1v) is 7.08. The van der Waals surface area contributed by atoms with Gasteiger partial charge in [0, 0.05) is 18.0 Å². The van der Waals surface area contributed by atoms with E-state index in [2.05, 4.69) is 15.0 Å².